The number of nitrogens with two attached hydrogens (primary N) is 2. The fourth-order valence-electron chi connectivity index (χ4n) is 6.20. The third-order valence-electron chi connectivity index (χ3n) is 7.91. The average molecular weight is 500 g/mol. The standard InChI is InChI=1S/C26H33N3O7/c1-4-5-6-11-7-13(10-27)20(30)17-14(11)8-12-9-15-19(29(2)3)22(32)18(25(28)35)24(34)26(15,36)23(33)16(12)21(17)31/h7,12,15,19,30-31,34,36H,4-6,8-10,27H2,1-3H3,(H2,28,35)/t12-,15?,19-,26-/m0/s1. The van der Waals surface area contributed by atoms with Crippen molar-refractivity contribution in [1.29, 1.82) is 0 Å². The Hall–Kier alpha value is -3.21. The lowest BCUT2D eigenvalue weighted by atomic mass is 9.57. The van der Waals surface area contributed by atoms with Crippen LogP contribution in [0, 0.1) is 11.8 Å². The van der Waals surface area contributed by atoms with E-state index in [-0.39, 0.29) is 36.3 Å². The molecule has 8 N–H and O–H groups in total. The molecule has 0 saturated heterocycles. The summed E-state index contributed by atoms with van der Waals surface area (Å²) >= 11 is 0. The van der Waals surface area contributed by atoms with E-state index in [1.54, 1.807) is 14.1 Å². The molecule has 0 heterocycles. The number of Topliss-reactive ketones (excluding diaryl/α,β-unsaturated/α-hetero) is 2. The van der Waals surface area contributed by atoms with Crippen molar-refractivity contribution in [3.05, 3.63) is 45.2 Å². The third kappa shape index (κ3) is 3.47. The molecule has 1 fully saturated rings. The molecule has 0 radical (unpaired) electrons. The van der Waals surface area contributed by atoms with Crippen molar-refractivity contribution in [3.8, 4) is 5.75 Å². The molecule has 1 saturated carbocycles. The molecule has 3 aliphatic carbocycles. The Morgan fingerprint density at radius 2 is 1.86 bits per heavy atom. The van der Waals surface area contributed by atoms with E-state index < -0.39 is 58.0 Å². The number of carbonyl (C=O) groups excluding carboxylic acids is 3. The summed E-state index contributed by atoms with van der Waals surface area (Å²) in [5.41, 5.74) is 9.66. The largest absolute Gasteiger partial charge is 0.508 e. The number of hydrogen-bond donors (Lipinski definition) is 6. The van der Waals surface area contributed by atoms with Crippen LogP contribution in [0.2, 0.25) is 0 Å². The second-order valence-electron chi connectivity index (χ2n) is 10.2. The fraction of sp³-hybridized carbons (Fsp3) is 0.500. The Bertz CT molecular complexity index is 1230. The van der Waals surface area contributed by atoms with Crippen LogP contribution in [0.25, 0.3) is 5.76 Å². The SMILES string of the molecule is CCCCc1cc(CN)c(O)c2c1C[C@H]1CC3[C@H](N(C)C)C(=O)C(C(N)=O)=C(O)[C@@]3(O)C(=O)C1=C2O. The Kier molecular flexibility index (Phi) is 6.48. The number of aliphatic hydroxyl groups excluding tert-OH is 2. The molecule has 194 valence electrons. The van der Waals surface area contributed by atoms with E-state index in [4.69, 9.17) is 11.5 Å². The first kappa shape index (κ1) is 25.9. The molecule has 0 bridgehead atoms. The maximum atomic E-state index is 13.9. The van der Waals surface area contributed by atoms with Gasteiger partial charge in [0.15, 0.2) is 11.4 Å². The maximum absolute atomic E-state index is 13.9. The number of rotatable bonds is 6. The van der Waals surface area contributed by atoms with Crippen LogP contribution in [-0.2, 0) is 33.8 Å². The van der Waals surface area contributed by atoms with Crippen molar-refractivity contribution >= 4 is 23.2 Å². The summed E-state index contributed by atoms with van der Waals surface area (Å²) in [6, 6.07) is 0.721. The summed E-state index contributed by atoms with van der Waals surface area (Å²) in [6.45, 7) is 2.07. The number of aliphatic hydroxyl groups is 3. The summed E-state index contributed by atoms with van der Waals surface area (Å²) in [6.07, 6.45) is 2.84. The van der Waals surface area contributed by atoms with Gasteiger partial charge in [-0.1, -0.05) is 19.4 Å². The minimum atomic E-state index is -2.64. The Balaban J connectivity index is 1.97. The molecule has 10 heteroatoms. The van der Waals surface area contributed by atoms with E-state index in [2.05, 4.69) is 6.92 Å². The van der Waals surface area contributed by atoms with E-state index >= 15 is 0 Å². The topological polar surface area (TPSA) is 187 Å². The number of fused-ring (bicyclic) bond motifs is 3. The van der Waals surface area contributed by atoms with Crippen molar-refractivity contribution < 1.29 is 34.8 Å². The van der Waals surface area contributed by atoms with Gasteiger partial charge in [0.05, 0.1) is 11.6 Å². The minimum absolute atomic E-state index is 0.0162. The van der Waals surface area contributed by atoms with Crippen molar-refractivity contribution in [2.24, 2.45) is 23.3 Å². The second-order valence-corrected chi connectivity index (χ2v) is 10.2. The number of benzene rings is 1. The molecule has 4 atom stereocenters. The van der Waals surface area contributed by atoms with Gasteiger partial charge in [0.1, 0.15) is 22.8 Å². The molecule has 1 aromatic rings. The number of likely N-dealkylation sites (N-methyl/N-ethyl adjacent to an activating group) is 1. The number of phenols is 1. The van der Waals surface area contributed by atoms with E-state index in [1.807, 2.05) is 6.07 Å². The summed E-state index contributed by atoms with van der Waals surface area (Å²) in [7, 11) is 3.14. The number of nitrogens with zero attached hydrogens (tertiary/aromatic N) is 1. The van der Waals surface area contributed by atoms with Crippen LogP contribution in [0.4, 0.5) is 0 Å². The Morgan fingerprint density at radius 1 is 1.19 bits per heavy atom. The predicted molar refractivity (Wildman–Crippen MR) is 131 cm³/mol. The quantitative estimate of drug-likeness (QED) is 0.307. The van der Waals surface area contributed by atoms with Crippen LogP contribution in [-0.4, -0.2) is 68.5 Å². The molecule has 4 rings (SSSR count). The number of aryl methyl sites for hydroxylation is 1. The van der Waals surface area contributed by atoms with Crippen LogP contribution < -0.4 is 11.5 Å². The van der Waals surface area contributed by atoms with Gasteiger partial charge in [-0.3, -0.25) is 19.3 Å². The lowest BCUT2D eigenvalue weighted by Crippen LogP contribution is -2.65. The highest BCUT2D eigenvalue weighted by molar-refractivity contribution is 6.24. The molecule has 1 aromatic carbocycles. The summed E-state index contributed by atoms with van der Waals surface area (Å²) in [5.74, 6) is -6.54. The predicted octanol–water partition coefficient (Wildman–Crippen LogP) is 0.765. The zero-order chi connectivity index (χ0) is 26.7. The Morgan fingerprint density at radius 3 is 2.42 bits per heavy atom. The first-order chi connectivity index (χ1) is 16.9. The van der Waals surface area contributed by atoms with Gasteiger partial charge in [0.2, 0.25) is 5.78 Å². The zero-order valence-electron chi connectivity index (χ0n) is 20.7. The minimum Gasteiger partial charge on any atom is -0.508 e. The number of primary amides is 1. The molecule has 0 aliphatic heterocycles. The number of hydrogen-bond acceptors (Lipinski definition) is 9. The normalized spacial score (nSPS) is 27.8. The maximum Gasteiger partial charge on any atom is 0.255 e. The lowest BCUT2D eigenvalue weighted by molar-refractivity contribution is -0.153. The van der Waals surface area contributed by atoms with E-state index in [0.29, 0.717) is 17.5 Å². The van der Waals surface area contributed by atoms with Crippen molar-refractivity contribution in [1.82, 2.24) is 4.90 Å². The fourth-order valence-corrected chi connectivity index (χ4v) is 6.20. The summed E-state index contributed by atoms with van der Waals surface area (Å²) < 4.78 is 0. The van der Waals surface area contributed by atoms with Crippen molar-refractivity contribution in [3.63, 3.8) is 0 Å². The third-order valence-corrected chi connectivity index (χ3v) is 7.91. The monoisotopic (exact) mass is 499 g/mol. The zero-order valence-corrected chi connectivity index (χ0v) is 20.7. The van der Waals surface area contributed by atoms with Crippen LogP contribution in [0.15, 0.2) is 23.0 Å². The van der Waals surface area contributed by atoms with Crippen LogP contribution in [0.1, 0.15) is 48.4 Å². The second kappa shape index (κ2) is 9.02. The highest BCUT2D eigenvalue weighted by Gasteiger charge is 2.64. The number of amides is 1. The molecule has 1 amide bonds. The first-order valence-corrected chi connectivity index (χ1v) is 12.1. The molecule has 10 nitrogen and oxygen atoms in total. The summed E-state index contributed by atoms with van der Waals surface area (Å²) in [4.78, 5) is 40.5. The van der Waals surface area contributed by atoms with Crippen LogP contribution in [0.5, 0.6) is 5.75 Å². The number of aromatic hydroxyl groups is 1. The highest BCUT2D eigenvalue weighted by atomic mass is 16.3. The molecule has 3 aliphatic rings. The number of carbonyl (C=O) groups is 3. The molecule has 1 unspecified atom stereocenters. The van der Waals surface area contributed by atoms with Gasteiger partial charge in [0.25, 0.3) is 5.91 Å². The van der Waals surface area contributed by atoms with Gasteiger partial charge in [0, 0.05) is 23.6 Å². The van der Waals surface area contributed by atoms with Crippen LogP contribution >= 0.6 is 0 Å². The smallest absolute Gasteiger partial charge is 0.255 e. The van der Waals surface area contributed by atoms with Gasteiger partial charge in [-0.05, 0) is 56.8 Å². The van der Waals surface area contributed by atoms with Gasteiger partial charge in [-0.25, -0.2) is 0 Å². The molecular formula is C26H33N3O7. The van der Waals surface area contributed by atoms with Gasteiger partial charge >= 0.3 is 0 Å². The number of phenolic OH excluding ortho intramolecular Hbond substituents is 1. The summed E-state index contributed by atoms with van der Waals surface area (Å²) in [5, 5.41) is 44.8. The van der Waals surface area contributed by atoms with Gasteiger partial charge in [-0.2, -0.15) is 0 Å². The van der Waals surface area contributed by atoms with Crippen molar-refractivity contribution in [2.45, 2.75) is 57.2 Å². The first-order valence-electron chi connectivity index (χ1n) is 12.1. The number of unbranched alkanes of at least 4 members (excludes halogenated alkanes) is 1. The molecular weight excluding hydrogens is 466 g/mol. The average Bonchev–Trinajstić information content (AvgIpc) is 2.80. The van der Waals surface area contributed by atoms with Gasteiger partial charge < -0.3 is 31.9 Å². The molecule has 0 aromatic heterocycles. The lowest BCUT2D eigenvalue weighted by Gasteiger charge is -2.50. The number of ketones is 2. The van der Waals surface area contributed by atoms with E-state index in [1.165, 1.54) is 4.90 Å². The Labute approximate surface area is 208 Å². The molecule has 0 spiro atoms. The highest BCUT2D eigenvalue weighted by Crippen LogP contribution is 2.53. The van der Waals surface area contributed by atoms with E-state index in [0.717, 1.165) is 18.4 Å². The molecule has 36 heavy (non-hydrogen) atoms. The van der Waals surface area contributed by atoms with Crippen LogP contribution in [0.3, 0.4) is 0 Å². The van der Waals surface area contributed by atoms with Crippen molar-refractivity contribution in [2.75, 3.05) is 14.1 Å². The van der Waals surface area contributed by atoms with E-state index in [9.17, 15) is 34.8 Å². The van der Waals surface area contributed by atoms with Gasteiger partial charge in [-0.15, -0.1) is 0 Å².